The van der Waals surface area contributed by atoms with Crippen LogP contribution >= 0.6 is 0 Å². The van der Waals surface area contributed by atoms with Gasteiger partial charge < -0.3 is 19.5 Å². The van der Waals surface area contributed by atoms with Gasteiger partial charge in [0, 0.05) is 18.5 Å². The fourth-order valence-electron chi connectivity index (χ4n) is 4.30. The number of H-pyrrole nitrogens is 1. The molecule has 0 aliphatic carbocycles. The smallest absolute Gasteiger partial charge is 0.295 e. The maximum Gasteiger partial charge on any atom is 0.295 e. The molecule has 1 saturated heterocycles. The van der Waals surface area contributed by atoms with Gasteiger partial charge in [-0.1, -0.05) is 24.8 Å². The Labute approximate surface area is 210 Å². The van der Waals surface area contributed by atoms with Crippen molar-refractivity contribution in [1.29, 1.82) is 0 Å². The highest BCUT2D eigenvalue weighted by molar-refractivity contribution is 6.46. The fraction of sp³-hybridized carbons (Fsp3) is 0.250. The van der Waals surface area contributed by atoms with Gasteiger partial charge in [0.1, 0.15) is 36.3 Å². The first kappa shape index (κ1) is 24.8. The van der Waals surface area contributed by atoms with E-state index in [4.69, 9.17) is 9.47 Å². The molecule has 1 aromatic heterocycles. The average Bonchev–Trinajstić information content (AvgIpc) is 3.50. The molecule has 1 aliphatic heterocycles. The summed E-state index contributed by atoms with van der Waals surface area (Å²) in [6.07, 6.45) is 7.82. The topological polar surface area (TPSA) is 95.7 Å². The summed E-state index contributed by atoms with van der Waals surface area (Å²) in [6, 6.07) is 13.3. The number of Topliss-reactive ketones (excluding diaryl/α,β-unsaturated/α-hetero) is 1. The van der Waals surface area contributed by atoms with E-state index in [9.17, 15) is 14.7 Å². The Kier molecular flexibility index (Phi) is 7.85. The number of imidazole rings is 1. The molecule has 2 heterocycles. The van der Waals surface area contributed by atoms with Gasteiger partial charge in [-0.15, -0.1) is 0 Å². The van der Waals surface area contributed by atoms with Gasteiger partial charge >= 0.3 is 0 Å². The quantitative estimate of drug-likeness (QED) is 0.141. The van der Waals surface area contributed by atoms with Crippen molar-refractivity contribution in [3.8, 4) is 11.5 Å². The molecule has 1 aliphatic rings. The summed E-state index contributed by atoms with van der Waals surface area (Å²) in [5.74, 6) is -0.328. The number of hydrogen-bond acceptors (Lipinski definition) is 5. The van der Waals surface area contributed by atoms with Crippen molar-refractivity contribution in [2.45, 2.75) is 25.9 Å². The molecule has 2 aromatic carbocycles. The first-order valence-corrected chi connectivity index (χ1v) is 11.9. The van der Waals surface area contributed by atoms with Crippen LogP contribution in [0.1, 0.15) is 30.5 Å². The van der Waals surface area contributed by atoms with Gasteiger partial charge in [-0.25, -0.2) is 4.57 Å². The SMILES string of the molecule is C=CCOc1cccc(C2/C(=C(\O)c3ccc(OCC)cc3)C(=O)C(=O)N2CCC[n+]2cc[nH]c2)c1. The van der Waals surface area contributed by atoms with Gasteiger partial charge in [-0.2, -0.15) is 0 Å². The third kappa shape index (κ3) is 5.33. The predicted molar refractivity (Wildman–Crippen MR) is 134 cm³/mol. The van der Waals surface area contributed by atoms with E-state index in [2.05, 4.69) is 11.6 Å². The van der Waals surface area contributed by atoms with Crippen LogP contribution < -0.4 is 14.0 Å². The van der Waals surface area contributed by atoms with Crippen molar-refractivity contribution < 1.29 is 28.7 Å². The lowest BCUT2D eigenvalue weighted by atomic mass is 9.95. The Hall–Kier alpha value is -4.33. The minimum absolute atomic E-state index is 0.0549. The number of aliphatic hydroxyl groups excluding tert-OH is 1. The van der Waals surface area contributed by atoms with Gasteiger partial charge in [0.15, 0.2) is 0 Å². The fourth-order valence-corrected chi connectivity index (χ4v) is 4.30. The number of nitrogens with one attached hydrogen (secondary N) is 1. The summed E-state index contributed by atoms with van der Waals surface area (Å²) >= 11 is 0. The molecule has 1 atom stereocenters. The predicted octanol–water partition coefficient (Wildman–Crippen LogP) is 3.78. The van der Waals surface area contributed by atoms with Crippen molar-refractivity contribution in [1.82, 2.24) is 9.88 Å². The number of aliphatic hydroxyl groups is 1. The van der Waals surface area contributed by atoms with Crippen molar-refractivity contribution >= 4 is 17.4 Å². The molecule has 36 heavy (non-hydrogen) atoms. The number of ketones is 1. The zero-order valence-corrected chi connectivity index (χ0v) is 20.2. The van der Waals surface area contributed by atoms with Crippen LogP contribution in [-0.2, 0) is 16.1 Å². The van der Waals surface area contributed by atoms with Crippen LogP contribution in [0.2, 0.25) is 0 Å². The first-order chi connectivity index (χ1) is 17.5. The zero-order chi connectivity index (χ0) is 25.5. The highest BCUT2D eigenvalue weighted by Gasteiger charge is 2.46. The summed E-state index contributed by atoms with van der Waals surface area (Å²) in [5, 5.41) is 11.3. The normalized spacial score (nSPS) is 16.8. The van der Waals surface area contributed by atoms with Crippen molar-refractivity contribution in [3.63, 3.8) is 0 Å². The number of hydrogen-bond donors (Lipinski definition) is 2. The molecule has 8 nitrogen and oxygen atoms in total. The van der Waals surface area contributed by atoms with Gasteiger partial charge in [-0.05, 0) is 48.9 Å². The third-order valence-corrected chi connectivity index (χ3v) is 5.94. The van der Waals surface area contributed by atoms with E-state index in [0.717, 1.165) is 0 Å². The molecule has 2 N–H and O–H groups in total. The second-order valence-corrected chi connectivity index (χ2v) is 8.32. The van der Waals surface area contributed by atoms with Gasteiger partial charge in [0.25, 0.3) is 11.7 Å². The maximum atomic E-state index is 13.2. The van der Waals surface area contributed by atoms with Gasteiger partial charge in [0.2, 0.25) is 6.33 Å². The Morgan fingerprint density at radius 2 is 1.97 bits per heavy atom. The molecule has 4 rings (SSSR count). The Morgan fingerprint density at radius 3 is 2.67 bits per heavy atom. The number of nitrogens with zero attached hydrogens (tertiary/aromatic N) is 2. The summed E-state index contributed by atoms with van der Waals surface area (Å²) < 4.78 is 13.1. The second kappa shape index (κ2) is 11.4. The van der Waals surface area contributed by atoms with E-state index in [1.165, 1.54) is 4.90 Å². The molecular weight excluding hydrogens is 458 g/mol. The van der Waals surface area contributed by atoms with Crippen LogP contribution in [0.4, 0.5) is 0 Å². The number of rotatable bonds is 11. The van der Waals surface area contributed by atoms with Crippen LogP contribution in [0, 0.1) is 0 Å². The number of amides is 1. The van der Waals surface area contributed by atoms with Crippen LogP contribution in [0.3, 0.4) is 0 Å². The molecule has 0 saturated carbocycles. The van der Waals surface area contributed by atoms with Crippen LogP contribution in [0.5, 0.6) is 11.5 Å². The zero-order valence-electron chi connectivity index (χ0n) is 20.2. The van der Waals surface area contributed by atoms with E-state index < -0.39 is 17.7 Å². The lowest BCUT2D eigenvalue weighted by Crippen LogP contribution is -2.36. The van der Waals surface area contributed by atoms with Crippen LogP contribution in [-0.4, -0.2) is 46.4 Å². The largest absolute Gasteiger partial charge is 0.507 e. The van der Waals surface area contributed by atoms with E-state index in [1.807, 2.05) is 36.3 Å². The van der Waals surface area contributed by atoms with E-state index in [-0.39, 0.29) is 11.3 Å². The van der Waals surface area contributed by atoms with E-state index >= 15 is 0 Å². The minimum Gasteiger partial charge on any atom is -0.507 e. The summed E-state index contributed by atoms with van der Waals surface area (Å²) in [6.45, 7) is 7.40. The Balaban J connectivity index is 1.72. The van der Waals surface area contributed by atoms with Crippen molar-refractivity contribution in [2.75, 3.05) is 19.8 Å². The highest BCUT2D eigenvalue weighted by atomic mass is 16.5. The van der Waals surface area contributed by atoms with Gasteiger partial charge in [-0.3, -0.25) is 14.6 Å². The number of aromatic amines is 1. The first-order valence-electron chi connectivity index (χ1n) is 11.9. The molecule has 3 aromatic rings. The summed E-state index contributed by atoms with van der Waals surface area (Å²) in [4.78, 5) is 30.9. The number of carbonyl (C=O) groups excluding carboxylic acids is 2. The number of benzene rings is 2. The van der Waals surface area contributed by atoms with Gasteiger partial charge in [0.05, 0.1) is 24.8 Å². The molecule has 8 heteroatoms. The molecule has 0 spiro atoms. The third-order valence-electron chi connectivity index (χ3n) is 5.94. The summed E-state index contributed by atoms with van der Waals surface area (Å²) in [5.41, 5.74) is 1.17. The van der Waals surface area contributed by atoms with E-state index in [0.29, 0.717) is 55.4 Å². The summed E-state index contributed by atoms with van der Waals surface area (Å²) in [7, 11) is 0. The maximum absolute atomic E-state index is 13.2. The lowest BCUT2D eigenvalue weighted by Gasteiger charge is -2.25. The lowest BCUT2D eigenvalue weighted by molar-refractivity contribution is -0.695. The minimum atomic E-state index is -0.750. The average molecular weight is 489 g/mol. The monoisotopic (exact) mass is 488 g/mol. The van der Waals surface area contributed by atoms with Crippen LogP contribution in [0.15, 0.2) is 85.5 Å². The second-order valence-electron chi connectivity index (χ2n) is 8.32. The van der Waals surface area contributed by atoms with E-state index in [1.54, 1.807) is 48.5 Å². The number of aromatic nitrogens is 2. The van der Waals surface area contributed by atoms with Crippen LogP contribution in [0.25, 0.3) is 5.76 Å². The number of ether oxygens (including phenoxy) is 2. The van der Waals surface area contributed by atoms with Crippen molar-refractivity contribution in [2.24, 2.45) is 0 Å². The molecule has 186 valence electrons. The molecule has 0 radical (unpaired) electrons. The Morgan fingerprint density at radius 1 is 1.17 bits per heavy atom. The highest BCUT2D eigenvalue weighted by Crippen LogP contribution is 2.40. The van der Waals surface area contributed by atoms with Crippen molar-refractivity contribution in [3.05, 3.63) is 96.6 Å². The molecular formula is C28H30N3O5+. The number of likely N-dealkylation sites (tertiary alicyclic amines) is 1. The molecule has 0 bridgehead atoms. The number of carbonyl (C=O) groups is 2. The molecule has 1 fully saturated rings. The molecule has 1 unspecified atom stereocenters. The standard InChI is InChI=1S/C28H29N3O5/c1-3-17-36-23-8-5-7-21(18-23)25-24(26(32)20-9-11-22(12-10-20)35-4-2)27(33)28(34)31(25)15-6-14-30-16-13-29-19-30/h3,5,7-13,16,18-19,25H,1,4,6,14-15,17H2,2H3,(H,32,33)/p+1. The number of aryl methyl sites for hydroxylation is 1. The Bertz CT molecular complexity index is 1250. The molecule has 1 amide bonds.